The third-order valence-corrected chi connectivity index (χ3v) is 3.23. The van der Waals surface area contributed by atoms with Crippen molar-refractivity contribution in [2.24, 2.45) is 0 Å². The van der Waals surface area contributed by atoms with Gasteiger partial charge in [0.1, 0.15) is 6.29 Å². The van der Waals surface area contributed by atoms with Crippen LogP contribution in [-0.4, -0.2) is 16.1 Å². The Labute approximate surface area is 107 Å². The molecule has 0 atom stereocenters. The first-order chi connectivity index (χ1) is 8.67. The molecule has 1 aromatic heterocycles. The first-order valence-corrected chi connectivity index (χ1v) is 6.26. The highest BCUT2D eigenvalue weighted by atomic mass is 16.1. The normalized spacial score (nSPS) is 10.6. The molecule has 2 aromatic rings. The van der Waals surface area contributed by atoms with Gasteiger partial charge in [-0.05, 0) is 37.5 Å². The maximum atomic E-state index is 10.9. The number of aldehydes is 1. The van der Waals surface area contributed by atoms with Crippen LogP contribution in [0.3, 0.4) is 0 Å². The minimum Gasteiger partial charge on any atom is -0.298 e. The Morgan fingerprint density at radius 2 is 2.06 bits per heavy atom. The summed E-state index contributed by atoms with van der Waals surface area (Å²) in [6, 6.07) is 5.76. The molecule has 1 aromatic carbocycles. The average molecular weight is 242 g/mol. The largest absolute Gasteiger partial charge is 0.298 e. The number of hydrogen-bond acceptors (Lipinski definition) is 2. The second-order valence-electron chi connectivity index (χ2n) is 4.56. The Balaban J connectivity index is 2.51. The third-order valence-electron chi connectivity index (χ3n) is 3.23. The lowest BCUT2D eigenvalue weighted by molar-refractivity contribution is 0.112. The van der Waals surface area contributed by atoms with E-state index >= 15 is 0 Å². The van der Waals surface area contributed by atoms with E-state index in [2.05, 4.69) is 25.9 Å². The summed E-state index contributed by atoms with van der Waals surface area (Å²) in [5, 5.41) is 4.41. The molecule has 0 spiro atoms. The highest BCUT2D eigenvalue weighted by Crippen LogP contribution is 2.27. The van der Waals surface area contributed by atoms with Crippen molar-refractivity contribution in [1.29, 1.82) is 0 Å². The summed E-state index contributed by atoms with van der Waals surface area (Å²) in [6.45, 7) is 7.20. The number of aryl methyl sites for hydroxylation is 2. The standard InChI is InChI=1S/C15H18N2O/c1-4-7-17-12(3)15(9-16-17)14-8-13(10-18)6-5-11(14)2/h5-6,8-10H,4,7H2,1-3H3. The molecule has 0 fully saturated rings. The molecule has 2 rings (SSSR count). The van der Waals surface area contributed by atoms with Crippen LogP contribution in [0.15, 0.2) is 24.4 Å². The highest BCUT2D eigenvalue weighted by Gasteiger charge is 2.10. The van der Waals surface area contributed by atoms with Gasteiger partial charge in [-0.2, -0.15) is 5.10 Å². The Kier molecular flexibility index (Phi) is 3.60. The van der Waals surface area contributed by atoms with Crippen LogP contribution in [-0.2, 0) is 6.54 Å². The SMILES string of the molecule is CCCn1ncc(-c2cc(C=O)ccc2C)c1C. The van der Waals surface area contributed by atoms with Crippen molar-refractivity contribution in [3.8, 4) is 11.1 Å². The molecule has 3 heteroatoms. The van der Waals surface area contributed by atoms with Crippen LogP contribution in [0.4, 0.5) is 0 Å². The Hall–Kier alpha value is -1.90. The minimum absolute atomic E-state index is 0.707. The van der Waals surface area contributed by atoms with Crippen molar-refractivity contribution in [2.45, 2.75) is 33.7 Å². The molecule has 0 unspecified atom stereocenters. The van der Waals surface area contributed by atoms with E-state index in [0.29, 0.717) is 5.56 Å². The number of carbonyl (C=O) groups is 1. The van der Waals surface area contributed by atoms with Gasteiger partial charge in [0.05, 0.1) is 6.20 Å². The van der Waals surface area contributed by atoms with Crippen LogP contribution in [0.5, 0.6) is 0 Å². The summed E-state index contributed by atoms with van der Waals surface area (Å²) in [6.07, 6.45) is 3.84. The first kappa shape index (κ1) is 12.6. The van der Waals surface area contributed by atoms with Crippen molar-refractivity contribution in [3.63, 3.8) is 0 Å². The fraction of sp³-hybridized carbons (Fsp3) is 0.333. The van der Waals surface area contributed by atoms with Crippen LogP contribution in [0.2, 0.25) is 0 Å². The summed E-state index contributed by atoms with van der Waals surface area (Å²) in [5.41, 5.74) is 5.24. The highest BCUT2D eigenvalue weighted by molar-refractivity contribution is 5.80. The molecule has 0 saturated heterocycles. The van der Waals surface area contributed by atoms with E-state index in [9.17, 15) is 4.79 Å². The fourth-order valence-corrected chi connectivity index (χ4v) is 2.15. The van der Waals surface area contributed by atoms with Crippen molar-refractivity contribution in [1.82, 2.24) is 9.78 Å². The molecule has 0 aliphatic carbocycles. The van der Waals surface area contributed by atoms with Gasteiger partial charge in [-0.15, -0.1) is 0 Å². The van der Waals surface area contributed by atoms with Crippen LogP contribution in [0.1, 0.15) is 35.0 Å². The van der Waals surface area contributed by atoms with Crippen LogP contribution < -0.4 is 0 Å². The zero-order valence-corrected chi connectivity index (χ0v) is 11.1. The maximum absolute atomic E-state index is 10.9. The Morgan fingerprint density at radius 3 is 2.72 bits per heavy atom. The second kappa shape index (κ2) is 5.17. The predicted octanol–water partition coefficient (Wildman–Crippen LogP) is 3.39. The van der Waals surface area contributed by atoms with Crippen molar-refractivity contribution in [2.75, 3.05) is 0 Å². The molecule has 18 heavy (non-hydrogen) atoms. The summed E-state index contributed by atoms with van der Waals surface area (Å²) < 4.78 is 2.02. The molecule has 0 amide bonds. The Bertz CT molecular complexity index is 570. The van der Waals surface area contributed by atoms with E-state index in [4.69, 9.17) is 0 Å². The first-order valence-electron chi connectivity index (χ1n) is 6.26. The monoisotopic (exact) mass is 242 g/mol. The average Bonchev–Trinajstić information content (AvgIpc) is 2.73. The van der Waals surface area contributed by atoms with Gasteiger partial charge in [-0.3, -0.25) is 9.48 Å². The Morgan fingerprint density at radius 1 is 1.28 bits per heavy atom. The number of aromatic nitrogens is 2. The predicted molar refractivity (Wildman–Crippen MR) is 72.8 cm³/mol. The fourth-order valence-electron chi connectivity index (χ4n) is 2.15. The molecular weight excluding hydrogens is 224 g/mol. The van der Waals surface area contributed by atoms with E-state index in [1.807, 2.05) is 29.1 Å². The number of nitrogens with zero attached hydrogens (tertiary/aromatic N) is 2. The number of rotatable bonds is 4. The summed E-state index contributed by atoms with van der Waals surface area (Å²) in [4.78, 5) is 10.9. The van der Waals surface area contributed by atoms with E-state index in [-0.39, 0.29) is 0 Å². The van der Waals surface area contributed by atoms with Crippen LogP contribution in [0, 0.1) is 13.8 Å². The van der Waals surface area contributed by atoms with Crippen molar-refractivity contribution >= 4 is 6.29 Å². The van der Waals surface area contributed by atoms with Gasteiger partial charge in [0.2, 0.25) is 0 Å². The molecule has 0 radical (unpaired) electrons. The molecule has 0 saturated carbocycles. The van der Waals surface area contributed by atoms with E-state index in [0.717, 1.165) is 36.1 Å². The number of hydrogen-bond donors (Lipinski definition) is 0. The van der Waals surface area contributed by atoms with Crippen LogP contribution in [0.25, 0.3) is 11.1 Å². The summed E-state index contributed by atoms with van der Waals surface area (Å²) in [5.74, 6) is 0. The quantitative estimate of drug-likeness (QED) is 0.770. The second-order valence-corrected chi connectivity index (χ2v) is 4.56. The molecule has 94 valence electrons. The minimum atomic E-state index is 0.707. The van der Waals surface area contributed by atoms with E-state index < -0.39 is 0 Å². The molecule has 0 aliphatic rings. The number of benzene rings is 1. The maximum Gasteiger partial charge on any atom is 0.150 e. The molecule has 0 bridgehead atoms. The summed E-state index contributed by atoms with van der Waals surface area (Å²) in [7, 11) is 0. The zero-order valence-electron chi connectivity index (χ0n) is 11.1. The zero-order chi connectivity index (χ0) is 13.1. The van der Waals surface area contributed by atoms with E-state index in [1.165, 1.54) is 5.56 Å². The van der Waals surface area contributed by atoms with Gasteiger partial charge in [-0.25, -0.2) is 0 Å². The lowest BCUT2D eigenvalue weighted by atomic mass is 9.99. The van der Waals surface area contributed by atoms with Gasteiger partial charge in [-0.1, -0.05) is 19.1 Å². The van der Waals surface area contributed by atoms with Gasteiger partial charge < -0.3 is 0 Å². The van der Waals surface area contributed by atoms with Gasteiger partial charge in [0.25, 0.3) is 0 Å². The van der Waals surface area contributed by atoms with Gasteiger partial charge in [0.15, 0.2) is 0 Å². The molecular formula is C15H18N2O. The van der Waals surface area contributed by atoms with Crippen LogP contribution >= 0.6 is 0 Å². The molecule has 3 nitrogen and oxygen atoms in total. The molecule has 0 N–H and O–H groups in total. The van der Waals surface area contributed by atoms with Gasteiger partial charge >= 0.3 is 0 Å². The van der Waals surface area contributed by atoms with E-state index in [1.54, 1.807) is 0 Å². The molecule has 0 aliphatic heterocycles. The smallest absolute Gasteiger partial charge is 0.150 e. The number of carbonyl (C=O) groups excluding carboxylic acids is 1. The summed E-state index contributed by atoms with van der Waals surface area (Å²) >= 11 is 0. The third kappa shape index (κ3) is 2.21. The van der Waals surface area contributed by atoms with Gasteiger partial charge in [0, 0.05) is 23.4 Å². The molecule has 1 heterocycles. The van der Waals surface area contributed by atoms with Crippen molar-refractivity contribution < 1.29 is 4.79 Å². The topological polar surface area (TPSA) is 34.9 Å². The lowest BCUT2D eigenvalue weighted by Crippen LogP contribution is -2.01. The van der Waals surface area contributed by atoms with Crippen molar-refractivity contribution in [3.05, 3.63) is 41.2 Å². The lowest BCUT2D eigenvalue weighted by Gasteiger charge is -2.07.